The van der Waals surface area contributed by atoms with Gasteiger partial charge in [0.1, 0.15) is 5.01 Å². The van der Waals surface area contributed by atoms with E-state index in [4.69, 9.17) is 4.74 Å². The van der Waals surface area contributed by atoms with Gasteiger partial charge in [-0.15, -0.1) is 11.3 Å². The van der Waals surface area contributed by atoms with E-state index in [9.17, 15) is 0 Å². The number of hydrogen-bond donors (Lipinski definition) is 2. The first-order valence-corrected chi connectivity index (χ1v) is 8.64. The van der Waals surface area contributed by atoms with Crippen molar-refractivity contribution >= 4 is 17.3 Å². The van der Waals surface area contributed by atoms with E-state index in [0.29, 0.717) is 13.2 Å². The van der Waals surface area contributed by atoms with Crippen LogP contribution in [0.5, 0.6) is 0 Å². The highest BCUT2D eigenvalue weighted by Gasteiger charge is 2.06. The summed E-state index contributed by atoms with van der Waals surface area (Å²) in [5, 5.41) is 9.65. The fourth-order valence-corrected chi connectivity index (χ4v) is 2.92. The number of hydrogen-bond acceptors (Lipinski definition) is 4. The summed E-state index contributed by atoms with van der Waals surface area (Å²) in [4.78, 5) is 9.26. The van der Waals surface area contributed by atoms with Crippen LogP contribution < -0.4 is 10.6 Å². The molecule has 0 bridgehead atoms. The van der Waals surface area contributed by atoms with Crippen LogP contribution in [-0.4, -0.2) is 37.2 Å². The third-order valence-electron chi connectivity index (χ3n) is 3.12. The van der Waals surface area contributed by atoms with E-state index in [-0.39, 0.29) is 6.04 Å². The molecular formula is C17H24N4OS. The molecule has 0 aliphatic carbocycles. The molecular weight excluding hydrogens is 308 g/mol. The summed E-state index contributed by atoms with van der Waals surface area (Å²) in [5.41, 5.74) is 2.12. The van der Waals surface area contributed by atoms with E-state index in [1.54, 1.807) is 18.4 Å². The molecule has 1 aromatic carbocycles. The maximum absolute atomic E-state index is 5.14. The summed E-state index contributed by atoms with van der Waals surface area (Å²) in [7, 11) is 1.70. The normalized spacial score (nSPS) is 12.9. The van der Waals surface area contributed by atoms with Crippen LogP contribution in [0, 0.1) is 0 Å². The zero-order chi connectivity index (χ0) is 16.5. The highest BCUT2D eigenvalue weighted by Crippen LogP contribution is 2.23. The minimum Gasteiger partial charge on any atom is -0.383 e. The zero-order valence-corrected chi connectivity index (χ0v) is 14.7. The van der Waals surface area contributed by atoms with Gasteiger partial charge in [-0.25, -0.2) is 9.98 Å². The van der Waals surface area contributed by atoms with Gasteiger partial charge in [-0.2, -0.15) is 0 Å². The number of aliphatic imine (C=N–C) groups is 1. The maximum Gasteiger partial charge on any atom is 0.191 e. The van der Waals surface area contributed by atoms with E-state index in [0.717, 1.165) is 28.8 Å². The lowest BCUT2D eigenvalue weighted by Crippen LogP contribution is -2.43. The molecule has 0 spiro atoms. The molecule has 2 rings (SSSR count). The summed E-state index contributed by atoms with van der Waals surface area (Å²) in [6.07, 6.45) is 0. The molecule has 5 nitrogen and oxygen atoms in total. The Morgan fingerprint density at radius 3 is 2.83 bits per heavy atom. The van der Waals surface area contributed by atoms with Crippen LogP contribution in [0.3, 0.4) is 0 Å². The van der Waals surface area contributed by atoms with Crippen molar-refractivity contribution in [2.75, 3.05) is 20.3 Å². The number of nitrogens with one attached hydrogen (secondary N) is 2. The van der Waals surface area contributed by atoms with Gasteiger partial charge in [-0.3, -0.25) is 0 Å². The molecule has 0 saturated heterocycles. The van der Waals surface area contributed by atoms with Crippen LogP contribution in [0.15, 0.2) is 40.7 Å². The largest absolute Gasteiger partial charge is 0.383 e. The summed E-state index contributed by atoms with van der Waals surface area (Å²) in [5.74, 6) is 0.784. The second kappa shape index (κ2) is 9.27. The molecule has 0 fully saturated rings. The van der Waals surface area contributed by atoms with Crippen LogP contribution in [0.4, 0.5) is 0 Å². The van der Waals surface area contributed by atoms with Gasteiger partial charge in [0.15, 0.2) is 5.96 Å². The van der Waals surface area contributed by atoms with Crippen LogP contribution in [0.2, 0.25) is 0 Å². The van der Waals surface area contributed by atoms with E-state index in [1.807, 2.05) is 18.2 Å². The topological polar surface area (TPSA) is 58.5 Å². The van der Waals surface area contributed by atoms with Crippen molar-refractivity contribution in [2.24, 2.45) is 4.99 Å². The van der Waals surface area contributed by atoms with Crippen molar-refractivity contribution in [1.29, 1.82) is 0 Å². The molecule has 0 saturated carbocycles. The molecule has 1 heterocycles. The van der Waals surface area contributed by atoms with Gasteiger partial charge in [0, 0.05) is 30.6 Å². The number of aromatic nitrogens is 1. The predicted octanol–water partition coefficient (Wildman–Crippen LogP) is 2.90. The molecule has 23 heavy (non-hydrogen) atoms. The van der Waals surface area contributed by atoms with E-state index < -0.39 is 0 Å². The number of rotatable bonds is 7. The molecule has 124 valence electrons. The van der Waals surface area contributed by atoms with Crippen molar-refractivity contribution in [3.63, 3.8) is 0 Å². The van der Waals surface area contributed by atoms with Crippen LogP contribution in [-0.2, 0) is 11.3 Å². The summed E-state index contributed by atoms with van der Waals surface area (Å²) in [6, 6.07) is 10.4. The quantitative estimate of drug-likeness (QED) is 0.605. The average molecular weight is 332 g/mol. The lowest BCUT2D eigenvalue weighted by Gasteiger charge is -2.16. The Labute approximate surface area is 141 Å². The second-order valence-electron chi connectivity index (χ2n) is 5.21. The van der Waals surface area contributed by atoms with Crippen molar-refractivity contribution in [3.8, 4) is 10.6 Å². The molecule has 0 aliphatic rings. The third-order valence-corrected chi connectivity index (χ3v) is 4.06. The van der Waals surface area contributed by atoms with Crippen molar-refractivity contribution in [1.82, 2.24) is 15.6 Å². The average Bonchev–Trinajstić information content (AvgIpc) is 3.03. The maximum atomic E-state index is 5.14. The van der Waals surface area contributed by atoms with Crippen molar-refractivity contribution in [2.45, 2.75) is 26.4 Å². The van der Waals surface area contributed by atoms with Gasteiger partial charge < -0.3 is 15.4 Å². The van der Waals surface area contributed by atoms with Gasteiger partial charge in [0.05, 0.1) is 18.8 Å². The SMILES string of the molecule is CCNC(=NCc1csc(-c2ccccc2)n1)NC(C)COC. The van der Waals surface area contributed by atoms with Gasteiger partial charge in [-0.1, -0.05) is 30.3 Å². The van der Waals surface area contributed by atoms with E-state index in [1.165, 1.54) is 0 Å². The Hall–Kier alpha value is -1.92. The third kappa shape index (κ3) is 5.65. The molecule has 1 aromatic heterocycles. The fourth-order valence-electron chi connectivity index (χ4n) is 2.10. The number of thiazole rings is 1. The zero-order valence-electron chi connectivity index (χ0n) is 13.9. The minimum atomic E-state index is 0.202. The number of benzene rings is 1. The van der Waals surface area contributed by atoms with Crippen molar-refractivity contribution < 1.29 is 4.74 Å². The Balaban J connectivity index is 2.00. The highest BCUT2D eigenvalue weighted by molar-refractivity contribution is 7.13. The number of guanidine groups is 1. The molecule has 2 N–H and O–H groups in total. The van der Waals surface area contributed by atoms with Gasteiger partial charge in [0.25, 0.3) is 0 Å². The molecule has 1 unspecified atom stereocenters. The molecule has 0 aliphatic heterocycles. The Kier molecular flexibility index (Phi) is 7.03. The summed E-state index contributed by atoms with van der Waals surface area (Å²) < 4.78 is 5.14. The Bertz CT molecular complexity index is 612. The standard InChI is InChI=1S/C17H24N4OS/c1-4-18-17(20-13(2)11-22-3)19-10-15-12-23-16(21-15)14-8-6-5-7-9-14/h5-9,12-13H,4,10-11H2,1-3H3,(H2,18,19,20). The molecule has 0 radical (unpaired) electrons. The van der Waals surface area contributed by atoms with E-state index >= 15 is 0 Å². The minimum absolute atomic E-state index is 0.202. The first kappa shape index (κ1) is 17.4. The van der Waals surface area contributed by atoms with Gasteiger partial charge >= 0.3 is 0 Å². The highest BCUT2D eigenvalue weighted by atomic mass is 32.1. The molecule has 2 aromatic rings. The summed E-state index contributed by atoms with van der Waals surface area (Å²) in [6.45, 7) is 6.12. The first-order valence-electron chi connectivity index (χ1n) is 7.76. The van der Waals surface area contributed by atoms with E-state index in [2.05, 4.69) is 52.0 Å². The van der Waals surface area contributed by atoms with Gasteiger partial charge in [0.2, 0.25) is 0 Å². The van der Waals surface area contributed by atoms with Crippen molar-refractivity contribution in [3.05, 3.63) is 41.4 Å². The lowest BCUT2D eigenvalue weighted by atomic mass is 10.2. The number of nitrogens with zero attached hydrogens (tertiary/aromatic N) is 2. The first-order chi connectivity index (χ1) is 11.2. The molecule has 6 heteroatoms. The van der Waals surface area contributed by atoms with Crippen LogP contribution in [0.25, 0.3) is 10.6 Å². The lowest BCUT2D eigenvalue weighted by molar-refractivity contribution is 0.179. The van der Waals surface area contributed by atoms with Gasteiger partial charge in [-0.05, 0) is 13.8 Å². The predicted molar refractivity (Wildman–Crippen MR) is 96.8 cm³/mol. The smallest absolute Gasteiger partial charge is 0.191 e. The second-order valence-corrected chi connectivity index (χ2v) is 6.06. The Morgan fingerprint density at radius 2 is 2.13 bits per heavy atom. The number of ether oxygens (including phenoxy) is 1. The van der Waals surface area contributed by atoms with Crippen LogP contribution in [0.1, 0.15) is 19.5 Å². The fraction of sp³-hybridized carbons (Fsp3) is 0.412. The van der Waals surface area contributed by atoms with Crippen LogP contribution >= 0.6 is 11.3 Å². The monoisotopic (exact) mass is 332 g/mol. The number of methoxy groups -OCH3 is 1. The molecule has 1 atom stereocenters. The Morgan fingerprint density at radius 1 is 1.35 bits per heavy atom. The molecule has 0 amide bonds. The summed E-state index contributed by atoms with van der Waals surface area (Å²) >= 11 is 1.65.